The summed E-state index contributed by atoms with van der Waals surface area (Å²) in [6.07, 6.45) is 0.575. The second kappa shape index (κ2) is 14.2. The number of nitrogens with one attached hydrogen (secondary N) is 2. The molecule has 1 aliphatic rings. The van der Waals surface area contributed by atoms with Crippen LogP contribution in [0.15, 0.2) is 54.6 Å². The van der Waals surface area contributed by atoms with Gasteiger partial charge in [-0.3, -0.25) is 5.32 Å². The minimum Gasteiger partial charge on any atom is -0.459 e. The molecule has 0 spiro atoms. The van der Waals surface area contributed by atoms with Crippen LogP contribution in [-0.4, -0.2) is 47.3 Å². The highest BCUT2D eigenvalue weighted by molar-refractivity contribution is 5.93. The molecule has 9 heteroatoms. The van der Waals surface area contributed by atoms with E-state index in [1.807, 2.05) is 44.2 Å². The molecule has 2 aromatic carbocycles. The molecule has 1 aliphatic carbocycles. The molecule has 0 radical (unpaired) electrons. The van der Waals surface area contributed by atoms with Crippen LogP contribution in [0.25, 0.3) is 0 Å². The predicted molar refractivity (Wildman–Crippen MR) is 163 cm³/mol. The molecule has 0 saturated carbocycles. The van der Waals surface area contributed by atoms with Crippen molar-refractivity contribution in [1.29, 1.82) is 0 Å². The summed E-state index contributed by atoms with van der Waals surface area (Å²) < 4.78 is 16.6. The number of benzene rings is 2. The summed E-state index contributed by atoms with van der Waals surface area (Å²) in [6.45, 7) is 14.3. The Morgan fingerprint density at radius 1 is 0.767 bits per heavy atom. The number of esters is 3. The third kappa shape index (κ3) is 10.5. The maximum absolute atomic E-state index is 13.6. The van der Waals surface area contributed by atoms with Crippen molar-refractivity contribution < 1.29 is 33.4 Å². The van der Waals surface area contributed by atoms with Crippen LogP contribution >= 0.6 is 0 Å². The zero-order chi connectivity index (χ0) is 31.9. The van der Waals surface area contributed by atoms with Gasteiger partial charge in [-0.05, 0) is 89.3 Å². The van der Waals surface area contributed by atoms with Crippen LogP contribution in [-0.2, 0) is 41.4 Å². The van der Waals surface area contributed by atoms with Gasteiger partial charge in [-0.2, -0.15) is 0 Å². The number of carbonyl (C=O) groups is 4. The Bertz CT molecular complexity index is 1250. The Hall–Kier alpha value is -3.72. The number of ether oxygens (including phenoxy) is 3. The van der Waals surface area contributed by atoms with Gasteiger partial charge in [0.05, 0.1) is 0 Å². The van der Waals surface area contributed by atoms with E-state index in [4.69, 9.17) is 14.2 Å². The highest BCUT2D eigenvalue weighted by atomic mass is 16.6. The SMILES string of the molecule is CC(C)C[C@@H](N[C@H](C(=O)OC(C)(C)C)c1ccccc1)C(=O)OC(=O)[C@H](NC(=O)OC(C)(C)C)C1Cc2ccccc2C1. The second-order valence-corrected chi connectivity index (χ2v) is 13.5. The fourth-order valence-electron chi connectivity index (χ4n) is 5.08. The average molecular weight is 595 g/mol. The van der Waals surface area contributed by atoms with E-state index in [9.17, 15) is 19.2 Å². The Morgan fingerprint density at radius 2 is 1.30 bits per heavy atom. The first-order chi connectivity index (χ1) is 20.0. The molecule has 0 unspecified atom stereocenters. The lowest BCUT2D eigenvalue weighted by Crippen LogP contribution is -2.51. The molecule has 0 fully saturated rings. The summed E-state index contributed by atoms with van der Waals surface area (Å²) >= 11 is 0. The van der Waals surface area contributed by atoms with E-state index in [1.165, 1.54) is 0 Å². The monoisotopic (exact) mass is 594 g/mol. The molecular formula is C34H46N2O7. The van der Waals surface area contributed by atoms with Gasteiger partial charge in [0.25, 0.3) is 0 Å². The molecule has 0 bridgehead atoms. The van der Waals surface area contributed by atoms with Crippen molar-refractivity contribution in [2.75, 3.05) is 0 Å². The first-order valence-electron chi connectivity index (χ1n) is 14.9. The van der Waals surface area contributed by atoms with Gasteiger partial charge >= 0.3 is 24.0 Å². The molecule has 234 valence electrons. The quantitative estimate of drug-likeness (QED) is 0.212. The molecule has 43 heavy (non-hydrogen) atoms. The van der Waals surface area contributed by atoms with Gasteiger partial charge in [0, 0.05) is 0 Å². The van der Waals surface area contributed by atoms with Crippen LogP contribution in [0.5, 0.6) is 0 Å². The molecule has 3 atom stereocenters. The first kappa shape index (κ1) is 33.8. The largest absolute Gasteiger partial charge is 0.459 e. The minimum absolute atomic E-state index is 0.0234. The lowest BCUT2D eigenvalue weighted by Gasteiger charge is -2.29. The minimum atomic E-state index is -1.12. The number of hydrogen-bond acceptors (Lipinski definition) is 8. The molecular weight excluding hydrogens is 548 g/mol. The van der Waals surface area contributed by atoms with E-state index in [1.54, 1.807) is 65.8 Å². The Balaban J connectivity index is 1.85. The number of rotatable bonds is 10. The average Bonchev–Trinajstić information content (AvgIpc) is 3.31. The summed E-state index contributed by atoms with van der Waals surface area (Å²) in [6, 6.07) is 13.7. The van der Waals surface area contributed by atoms with Gasteiger partial charge in [0.1, 0.15) is 29.3 Å². The molecule has 2 N–H and O–H groups in total. The van der Waals surface area contributed by atoms with Gasteiger partial charge in [-0.1, -0.05) is 68.4 Å². The number of carbonyl (C=O) groups excluding carboxylic acids is 4. The fourth-order valence-corrected chi connectivity index (χ4v) is 5.08. The molecule has 3 rings (SSSR count). The van der Waals surface area contributed by atoms with Crippen molar-refractivity contribution in [3.05, 3.63) is 71.3 Å². The zero-order valence-electron chi connectivity index (χ0n) is 26.6. The molecule has 9 nitrogen and oxygen atoms in total. The summed E-state index contributed by atoms with van der Waals surface area (Å²) in [5, 5.41) is 5.77. The maximum Gasteiger partial charge on any atom is 0.408 e. The number of fused-ring (bicyclic) bond motifs is 1. The van der Waals surface area contributed by atoms with E-state index in [-0.39, 0.29) is 18.3 Å². The second-order valence-electron chi connectivity index (χ2n) is 13.5. The maximum atomic E-state index is 13.6. The summed E-state index contributed by atoms with van der Waals surface area (Å²) in [4.78, 5) is 53.3. The lowest BCUT2D eigenvalue weighted by atomic mass is 9.96. The summed E-state index contributed by atoms with van der Waals surface area (Å²) in [5.74, 6) is -2.58. The van der Waals surface area contributed by atoms with Crippen molar-refractivity contribution in [3.63, 3.8) is 0 Å². The van der Waals surface area contributed by atoms with Crippen molar-refractivity contribution in [2.24, 2.45) is 11.8 Å². The lowest BCUT2D eigenvalue weighted by molar-refractivity contribution is -0.164. The number of amides is 1. The molecule has 2 aromatic rings. The van der Waals surface area contributed by atoms with Gasteiger partial charge in [0.2, 0.25) is 0 Å². The van der Waals surface area contributed by atoms with Crippen molar-refractivity contribution in [1.82, 2.24) is 10.6 Å². The van der Waals surface area contributed by atoms with Crippen LogP contribution in [0.1, 0.15) is 84.5 Å². The number of hydrogen-bond donors (Lipinski definition) is 2. The third-order valence-corrected chi connectivity index (χ3v) is 6.82. The molecule has 1 amide bonds. The van der Waals surface area contributed by atoms with E-state index >= 15 is 0 Å². The number of alkyl carbamates (subject to hydrolysis) is 1. The molecule has 0 aromatic heterocycles. The smallest absolute Gasteiger partial charge is 0.408 e. The molecule has 0 heterocycles. The van der Waals surface area contributed by atoms with Gasteiger partial charge < -0.3 is 19.5 Å². The first-order valence-corrected chi connectivity index (χ1v) is 14.9. The third-order valence-electron chi connectivity index (χ3n) is 6.82. The van der Waals surface area contributed by atoms with Crippen LogP contribution < -0.4 is 10.6 Å². The Kier molecular flexibility index (Phi) is 11.1. The van der Waals surface area contributed by atoms with E-state index in [0.29, 0.717) is 18.4 Å². The van der Waals surface area contributed by atoms with Gasteiger partial charge in [-0.15, -0.1) is 0 Å². The van der Waals surface area contributed by atoms with Crippen LogP contribution in [0.4, 0.5) is 4.79 Å². The Labute approximate surface area is 255 Å². The summed E-state index contributed by atoms with van der Waals surface area (Å²) in [7, 11) is 0. The van der Waals surface area contributed by atoms with Crippen molar-refractivity contribution in [2.45, 2.75) is 104 Å². The predicted octanol–water partition coefficient (Wildman–Crippen LogP) is 5.45. The highest BCUT2D eigenvalue weighted by Crippen LogP contribution is 2.30. The molecule has 0 saturated heterocycles. The topological polar surface area (TPSA) is 120 Å². The van der Waals surface area contributed by atoms with E-state index in [2.05, 4.69) is 10.6 Å². The van der Waals surface area contributed by atoms with E-state index < -0.39 is 53.3 Å². The van der Waals surface area contributed by atoms with Crippen LogP contribution in [0.2, 0.25) is 0 Å². The van der Waals surface area contributed by atoms with Crippen molar-refractivity contribution in [3.8, 4) is 0 Å². The standard InChI is InChI=1S/C34H46N2O7/c1-21(2)18-26(35-27(22-14-10-9-11-15-22)31(39)42-33(3,4)5)29(37)41-30(38)28(36-32(40)43-34(6,7)8)25-19-23-16-12-13-17-24(23)20-25/h9-17,21,25-28,35H,18-20H2,1-8H3,(H,36,40)/t26-,27+,28-/m1/s1. The van der Waals surface area contributed by atoms with Crippen molar-refractivity contribution >= 4 is 24.0 Å². The van der Waals surface area contributed by atoms with Crippen LogP contribution in [0, 0.1) is 11.8 Å². The summed E-state index contributed by atoms with van der Waals surface area (Å²) in [5.41, 5.74) is 1.22. The normalized spacial score (nSPS) is 15.7. The van der Waals surface area contributed by atoms with Gasteiger partial charge in [-0.25, -0.2) is 19.2 Å². The van der Waals surface area contributed by atoms with E-state index in [0.717, 1.165) is 11.1 Å². The van der Waals surface area contributed by atoms with Gasteiger partial charge in [0.15, 0.2) is 0 Å². The Morgan fingerprint density at radius 3 is 1.81 bits per heavy atom. The fraction of sp³-hybridized carbons (Fsp3) is 0.529. The highest BCUT2D eigenvalue weighted by Gasteiger charge is 2.39. The molecule has 0 aliphatic heterocycles. The van der Waals surface area contributed by atoms with Crippen LogP contribution in [0.3, 0.4) is 0 Å². The zero-order valence-corrected chi connectivity index (χ0v) is 26.6.